The molecule has 4 heteroatoms. The number of amidine groups is 1. The summed E-state index contributed by atoms with van der Waals surface area (Å²) in [4.78, 5) is 8.02. The summed E-state index contributed by atoms with van der Waals surface area (Å²) in [6.45, 7) is 0. The van der Waals surface area contributed by atoms with Crippen LogP contribution in [0.15, 0.2) is 101 Å². The van der Waals surface area contributed by atoms with Crippen LogP contribution in [0, 0.1) is 0 Å². The zero-order chi connectivity index (χ0) is 16.4. The maximum atomic E-state index is 5.91. The fourth-order valence-corrected chi connectivity index (χ4v) is 3.09. The molecule has 24 heavy (non-hydrogen) atoms. The molecule has 0 fully saturated rings. The maximum absolute atomic E-state index is 5.91. The Bertz CT molecular complexity index is 835. The molecule has 118 valence electrons. The smallest absolute Gasteiger partial charge is 0.254 e. The number of hydrogen-bond acceptors (Lipinski definition) is 3. The summed E-state index contributed by atoms with van der Waals surface area (Å²) in [5, 5.41) is 4.41. The Labute approximate surface area is 149 Å². The monoisotopic (exact) mass is 378 g/mol. The molecule has 1 spiro atoms. The molecular formula is C20H15BrN2O. The summed E-state index contributed by atoms with van der Waals surface area (Å²) in [5.41, 5.74) is 1.26. The second-order valence-corrected chi connectivity index (χ2v) is 6.45. The minimum Gasteiger partial charge on any atom is -0.356 e. The van der Waals surface area contributed by atoms with E-state index in [9.17, 15) is 0 Å². The highest BCUT2D eigenvalue weighted by atomic mass is 79.9. The predicted octanol–water partition coefficient (Wildman–Crippen LogP) is 5.03. The average Bonchev–Trinajstić information content (AvgIpc) is 2.82. The van der Waals surface area contributed by atoms with E-state index in [1.807, 2.05) is 78.9 Å². The Morgan fingerprint density at radius 2 is 1.50 bits per heavy atom. The lowest BCUT2D eigenvalue weighted by Gasteiger charge is -2.32. The first-order chi connectivity index (χ1) is 11.8. The average molecular weight is 379 g/mol. The van der Waals surface area contributed by atoms with Crippen molar-refractivity contribution in [2.75, 3.05) is 4.90 Å². The lowest BCUT2D eigenvalue weighted by atomic mass is 10.1. The van der Waals surface area contributed by atoms with E-state index in [-0.39, 0.29) is 0 Å². The zero-order valence-corrected chi connectivity index (χ0v) is 14.4. The highest BCUT2D eigenvalue weighted by molar-refractivity contribution is 9.10. The second-order valence-electron chi connectivity index (χ2n) is 5.54. The van der Waals surface area contributed by atoms with Gasteiger partial charge in [-0.05, 0) is 36.4 Å². The molecule has 2 aromatic carbocycles. The van der Waals surface area contributed by atoms with Crippen molar-refractivity contribution in [3.63, 3.8) is 0 Å². The van der Waals surface area contributed by atoms with Gasteiger partial charge in [0.15, 0.2) is 5.84 Å². The third-order valence-electron chi connectivity index (χ3n) is 3.96. The summed E-state index contributed by atoms with van der Waals surface area (Å²) >= 11 is 3.50. The van der Waals surface area contributed by atoms with Crippen molar-refractivity contribution in [1.29, 1.82) is 0 Å². The number of allylic oxidation sites excluding steroid dienone is 4. The summed E-state index contributed by atoms with van der Waals surface area (Å²) < 4.78 is 1.03. The van der Waals surface area contributed by atoms with E-state index in [2.05, 4.69) is 38.1 Å². The Kier molecular flexibility index (Phi) is 3.82. The van der Waals surface area contributed by atoms with E-state index < -0.39 is 5.72 Å². The second kappa shape index (κ2) is 6.13. The van der Waals surface area contributed by atoms with E-state index in [0.29, 0.717) is 0 Å². The molecule has 1 aliphatic heterocycles. The van der Waals surface area contributed by atoms with Crippen molar-refractivity contribution >= 4 is 27.5 Å². The fraction of sp³-hybridized carbons (Fsp3) is 0.0500. The Morgan fingerprint density at radius 1 is 0.833 bits per heavy atom. The third-order valence-corrected chi connectivity index (χ3v) is 4.49. The number of halogens is 1. The van der Waals surface area contributed by atoms with Gasteiger partial charge in [-0.1, -0.05) is 75.7 Å². The van der Waals surface area contributed by atoms with Crippen LogP contribution in [0.5, 0.6) is 0 Å². The van der Waals surface area contributed by atoms with Gasteiger partial charge in [0, 0.05) is 15.7 Å². The number of hydrogen-bond donors (Lipinski definition) is 0. The first kappa shape index (κ1) is 15.0. The molecule has 4 rings (SSSR count). The molecule has 0 bridgehead atoms. The molecule has 0 radical (unpaired) electrons. The van der Waals surface area contributed by atoms with Crippen LogP contribution in [0.3, 0.4) is 0 Å². The van der Waals surface area contributed by atoms with Crippen LogP contribution >= 0.6 is 15.9 Å². The van der Waals surface area contributed by atoms with Crippen molar-refractivity contribution < 1.29 is 4.84 Å². The highest BCUT2D eigenvalue weighted by Crippen LogP contribution is 2.36. The molecule has 2 aromatic rings. The van der Waals surface area contributed by atoms with Crippen molar-refractivity contribution in [2.45, 2.75) is 5.72 Å². The van der Waals surface area contributed by atoms with Crippen LogP contribution in [0.25, 0.3) is 0 Å². The van der Waals surface area contributed by atoms with E-state index >= 15 is 0 Å². The van der Waals surface area contributed by atoms with Crippen LogP contribution in [0.2, 0.25) is 0 Å². The molecule has 1 heterocycles. The SMILES string of the molecule is Brc1ccc(N2C(c3ccccc3)=NOC23C=CC=CC=C3)cc1. The molecule has 3 nitrogen and oxygen atoms in total. The molecule has 0 atom stereocenters. The van der Waals surface area contributed by atoms with E-state index in [1.54, 1.807) is 0 Å². The van der Waals surface area contributed by atoms with Gasteiger partial charge < -0.3 is 4.84 Å². The van der Waals surface area contributed by atoms with Gasteiger partial charge >= 0.3 is 0 Å². The van der Waals surface area contributed by atoms with Gasteiger partial charge in [-0.25, -0.2) is 0 Å². The standard InChI is InChI=1S/C20H15BrN2O/c21-17-10-12-18(13-11-17)23-19(16-8-4-3-5-9-16)22-24-20(23)14-6-1-2-7-15-20/h1-15H. The number of nitrogens with zero attached hydrogens (tertiary/aromatic N) is 2. The predicted molar refractivity (Wildman–Crippen MR) is 101 cm³/mol. The molecule has 0 aromatic heterocycles. The third kappa shape index (κ3) is 2.59. The number of oxime groups is 1. The highest BCUT2D eigenvalue weighted by Gasteiger charge is 2.43. The van der Waals surface area contributed by atoms with Gasteiger partial charge in [0.25, 0.3) is 5.72 Å². The molecular weight excluding hydrogens is 364 g/mol. The molecule has 0 N–H and O–H groups in total. The van der Waals surface area contributed by atoms with Crippen LogP contribution in [-0.4, -0.2) is 11.6 Å². The van der Waals surface area contributed by atoms with Gasteiger partial charge in [0.1, 0.15) is 0 Å². The van der Waals surface area contributed by atoms with E-state index in [1.165, 1.54) is 0 Å². The van der Waals surface area contributed by atoms with Gasteiger partial charge in [-0.3, -0.25) is 4.90 Å². The quantitative estimate of drug-likeness (QED) is 0.732. The number of anilines is 1. The van der Waals surface area contributed by atoms with Gasteiger partial charge in [-0.2, -0.15) is 0 Å². The molecule has 0 amide bonds. The van der Waals surface area contributed by atoms with Crippen LogP contribution in [0.4, 0.5) is 5.69 Å². The molecule has 0 saturated heterocycles. The summed E-state index contributed by atoms with van der Waals surface area (Å²) in [7, 11) is 0. The van der Waals surface area contributed by atoms with E-state index in [0.717, 1.165) is 21.6 Å². The topological polar surface area (TPSA) is 24.8 Å². The number of benzene rings is 2. The minimum atomic E-state index is -0.761. The summed E-state index contributed by atoms with van der Waals surface area (Å²) in [6, 6.07) is 18.2. The maximum Gasteiger partial charge on any atom is 0.254 e. The Balaban J connectivity index is 1.85. The summed E-state index contributed by atoms with van der Waals surface area (Å²) in [5.74, 6) is 0.786. The molecule has 0 unspecified atom stereocenters. The van der Waals surface area contributed by atoms with Crippen molar-refractivity contribution in [1.82, 2.24) is 0 Å². The van der Waals surface area contributed by atoms with Crippen LogP contribution in [-0.2, 0) is 4.84 Å². The lowest BCUT2D eigenvalue weighted by Crippen LogP contribution is -2.46. The largest absolute Gasteiger partial charge is 0.356 e. The van der Waals surface area contributed by atoms with Crippen LogP contribution < -0.4 is 4.90 Å². The van der Waals surface area contributed by atoms with E-state index in [4.69, 9.17) is 4.84 Å². The zero-order valence-electron chi connectivity index (χ0n) is 12.8. The normalized spacial score (nSPS) is 17.7. The van der Waals surface area contributed by atoms with Crippen molar-refractivity contribution in [2.24, 2.45) is 5.16 Å². The van der Waals surface area contributed by atoms with Crippen LogP contribution in [0.1, 0.15) is 5.56 Å². The molecule has 1 aliphatic carbocycles. The Morgan fingerprint density at radius 3 is 2.17 bits per heavy atom. The Hall–Kier alpha value is -2.59. The van der Waals surface area contributed by atoms with Gasteiger partial charge in [0.05, 0.1) is 0 Å². The minimum absolute atomic E-state index is 0.761. The fourth-order valence-electron chi connectivity index (χ4n) is 2.83. The van der Waals surface area contributed by atoms with Crippen molar-refractivity contribution in [3.8, 4) is 0 Å². The molecule has 0 saturated carbocycles. The number of rotatable bonds is 2. The van der Waals surface area contributed by atoms with Gasteiger partial charge in [0.2, 0.25) is 0 Å². The summed E-state index contributed by atoms with van der Waals surface area (Å²) in [6.07, 6.45) is 11.9. The molecule has 2 aliphatic rings. The first-order valence-corrected chi connectivity index (χ1v) is 8.49. The van der Waals surface area contributed by atoms with Crippen molar-refractivity contribution in [3.05, 3.63) is 101 Å². The lowest BCUT2D eigenvalue weighted by molar-refractivity contribution is 0.0608. The van der Waals surface area contributed by atoms with Gasteiger partial charge in [-0.15, -0.1) is 0 Å². The first-order valence-electron chi connectivity index (χ1n) is 7.70.